The first-order valence-electron chi connectivity index (χ1n) is 25.5. The molecule has 11 rings (SSSR count). The first kappa shape index (κ1) is 51.8. The molecule has 2 N–H and O–H groups in total. The molecule has 0 bridgehead atoms. The van der Waals surface area contributed by atoms with Crippen molar-refractivity contribution in [3.8, 4) is 5.75 Å². The van der Waals surface area contributed by atoms with Crippen molar-refractivity contribution in [2.45, 2.75) is 36.1 Å². The smallest absolute Gasteiger partial charge is 0.355 e. The van der Waals surface area contributed by atoms with Crippen molar-refractivity contribution in [1.82, 2.24) is 20.4 Å². The summed E-state index contributed by atoms with van der Waals surface area (Å²) in [5.41, 5.74) is 4.81. The number of thiazole rings is 1. The number of esters is 1. The molecule has 0 unspecified atom stereocenters. The number of aryl methyl sites for hydroxylation is 1. The monoisotopic (exact) mass is 1080 g/mol. The molecule has 7 aromatic carbocycles. The zero-order chi connectivity index (χ0) is 54.2. The number of methoxy groups -OCH3 is 1. The van der Waals surface area contributed by atoms with Gasteiger partial charge >= 0.3 is 5.97 Å². The second-order valence-electron chi connectivity index (χ2n) is 18.7. The second-order valence-corrected chi connectivity index (χ2v) is 20.6. The Morgan fingerprint density at radius 3 is 1.73 bits per heavy atom. The highest BCUT2D eigenvalue weighted by molar-refractivity contribution is 8.00. The molecular weight excluding hydrogens is 1030 g/mol. The Kier molecular flexibility index (Phi) is 15.1. The molecule has 0 radical (unpaired) electrons. The average Bonchev–Trinajstić information content (AvgIpc) is 4.18. The maximum atomic E-state index is 15.4. The highest BCUT2D eigenvalue weighted by Crippen LogP contribution is 2.44. The van der Waals surface area contributed by atoms with E-state index in [0.717, 1.165) is 38.9 Å². The largest absolute Gasteiger partial charge is 0.497 e. The lowest BCUT2D eigenvalue weighted by Crippen LogP contribution is -2.71. The van der Waals surface area contributed by atoms with Gasteiger partial charge in [0.25, 0.3) is 11.8 Å². The van der Waals surface area contributed by atoms with E-state index in [0.29, 0.717) is 33.7 Å². The number of anilines is 1. The van der Waals surface area contributed by atoms with Gasteiger partial charge in [-0.15, -0.1) is 23.1 Å². The SMILES string of the molecule is COc1ccc(COC(=O)C2=C(/C=C\c3cc(C)no3)CS[C@@H]3[C@H](NC(=O)/C(=N\OC(c4ccccc4)(c4ccccc4)c4ccccc4)c4csc(NC(c5ccccc5)(c5ccccc5)c5ccccc5)n4)C(=O)N23)cc1. The fraction of sp³-hybridized carbons (Fsp3) is 0.125. The molecule has 2 atom stereocenters. The number of nitrogens with one attached hydrogen (secondary N) is 2. The number of amides is 2. The molecule has 392 valence electrons. The summed E-state index contributed by atoms with van der Waals surface area (Å²) in [6, 6.07) is 67.4. The van der Waals surface area contributed by atoms with Crippen LogP contribution in [0.15, 0.2) is 245 Å². The summed E-state index contributed by atoms with van der Waals surface area (Å²) >= 11 is 2.69. The van der Waals surface area contributed by atoms with Crippen LogP contribution in [-0.4, -0.2) is 62.8 Å². The van der Waals surface area contributed by atoms with E-state index >= 15 is 4.79 Å². The van der Waals surface area contributed by atoms with Crippen LogP contribution in [0, 0.1) is 6.92 Å². The van der Waals surface area contributed by atoms with E-state index in [1.807, 2.05) is 153 Å². The predicted octanol–water partition coefficient (Wildman–Crippen LogP) is 11.7. The molecule has 2 aliphatic rings. The number of carbonyl (C=O) groups is 3. The number of aromatic nitrogens is 2. The van der Waals surface area contributed by atoms with Crippen LogP contribution >= 0.6 is 23.1 Å². The third kappa shape index (κ3) is 10.5. The van der Waals surface area contributed by atoms with Gasteiger partial charge in [0.05, 0.1) is 12.8 Å². The van der Waals surface area contributed by atoms with E-state index in [-0.39, 0.29) is 23.7 Å². The number of oxime groups is 1. The molecule has 2 amide bonds. The number of allylic oxidation sites excluding steroid dienone is 1. The summed E-state index contributed by atoms with van der Waals surface area (Å²) in [7, 11) is 1.58. The Bertz CT molecular complexity index is 3480. The summed E-state index contributed by atoms with van der Waals surface area (Å²) < 4.78 is 16.6. The van der Waals surface area contributed by atoms with Crippen molar-refractivity contribution < 1.29 is 33.2 Å². The third-order valence-corrected chi connectivity index (χ3v) is 15.9. The minimum absolute atomic E-state index is 0.0600. The number of hydrogen-bond acceptors (Lipinski definition) is 13. The van der Waals surface area contributed by atoms with E-state index in [2.05, 4.69) is 52.2 Å². The molecule has 4 heterocycles. The topological polar surface area (TPSA) is 157 Å². The van der Waals surface area contributed by atoms with Crippen molar-refractivity contribution in [3.05, 3.63) is 291 Å². The lowest BCUT2D eigenvalue weighted by Gasteiger charge is -2.49. The Hall–Kier alpha value is -9.31. The van der Waals surface area contributed by atoms with Gasteiger partial charge < -0.3 is 29.5 Å². The van der Waals surface area contributed by atoms with E-state index < -0.39 is 40.3 Å². The van der Waals surface area contributed by atoms with Gasteiger partial charge in [0.1, 0.15) is 40.7 Å². The molecule has 2 aliphatic heterocycles. The molecule has 15 heteroatoms. The van der Waals surface area contributed by atoms with Gasteiger partial charge in [-0.05, 0) is 53.0 Å². The molecule has 1 fully saturated rings. The van der Waals surface area contributed by atoms with Crippen LogP contribution in [-0.2, 0) is 41.7 Å². The number of thioether (sulfide) groups is 1. The number of benzene rings is 7. The minimum Gasteiger partial charge on any atom is -0.497 e. The number of hydrogen-bond donors (Lipinski definition) is 2. The Balaban J connectivity index is 0.980. The van der Waals surface area contributed by atoms with Crippen molar-refractivity contribution in [1.29, 1.82) is 0 Å². The first-order chi connectivity index (χ1) is 38.7. The van der Waals surface area contributed by atoms with Gasteiger partial charge in [0.2, 0.25) is 5.60 Å². The average molecular weight is 1080 g/mol. The lowest BCUT2D eigenvalue weighted by atomic mass is 9.77. The third-order valence-electron chi connectivity index (χ3n) is 13.8. The van der Waals surface area contributed by atoms with Gasteiger partial charge in [-0.25, -0.2) is 9.78 Å². The van der Waals surface area contributed by atoms with E-state index in [9.17, 15) is 9.59 Å². The highest BCUT2D eigenvalue weighted by Gasteiger charge is 2.55. The Labute approximate surface area is 465 Å². The van der Waals surface area contributed by atoms with Gasteiger partial charge in [-0.3, -0.25) is 14.5 Å². The van der Waals surface area contributed by atoms with E-state index in [1.165, 1.54) is 28.0 Å². The van der Waals surface area contributed by atoms with E-state index in [1.54, 1.807) is 55.0 Å². The molecule has 13 nitrogen and oxygen atoms in total. The number of nitrogens with zero attached hydrogens (tertiary/aromatic N) is 4. The molecule has 79 heavy (non-hydrogen) atoms. The van der Waals surface area contributed by atoms with Gasteiger partial charge in [-0.2, -0.15) is 0 Å². The molecule has 0 saturated carbocycles. The normalized spacial score (nSPS) is 15.5. The molecule has 1 saturated heterocycles. The summed E-state index contributed by atoms with van der Waals surface area (Å²) in [5, 5.41) is 17.2. The summed E-state index contributed by atoms with van der Waals surface area (Å²) in [6.45, 7) is 1.75. The van der Waals surface area contributed by atoms with Crippen LogP contribution in [0.25, 0.3) is 6.08 Å². The number of β-lactam (4-membered cyclic amide) rings is 1. The number of fused-ring (bicyclic) bond motifs is 1. The number of rotatable bonds is 19. The Morgan fingerprint density at radius 2 is 1.24 bits per heavy atom. The van der Waals surface area contributed by atoms with Crippen LogP contribution in [0.3, 0.4) is 0 Å². The summed E-state index contributed by atoms with van der Waals surface area (Å²) in [6.07, 6.45) is 3.42. The quantitative estimate of drug-likeness (QED) is 0.0261. The maximum Gasteiger partial charge on any atom is 0.355 e. The van der Waals surface area contributed by atoms with Crippen molar-refractivity contribution in [2.24, 2.45) is 5.16 Å². The van der Waals surface area contributed by atoms with Gasteiger partial charge in [0.15, 0.2) is 16.6 Å². The zero-order valence-corrected chi connectivity index (χ0v) is 44.6. The standard InChI is InChI=1S/C64H52N6O7S2/c1-43-39-53(76-68-43)38-35-45-41-78-60-56(59(72)70(60)57(45)61(73)75-40-44-33-36-52(74-2)37-34-44)66-58(71)55(69-77-64(49-27-15-6-16-28-49,50-29-17-7-18-30-50)51-31-19-8-20-32-51)54-42-79-62(65-54)67-63(46-21-9-3-10-22-46,47-23-11-4-12-24-47)48-25-13-5-14-26-48/h3-39,42,56,60H,40-41H2,1-2H3,(H,65,67)(H,66,71)/b38-35-,69-55-/t56-,60-/m1/s1. The fourth-order valence-electron chi connectivity index (χ4n) is 9.93. The van der Waals surface area contributed by atoms with Crippen LogP contribution in [0.1, 0.15) is 56.1 Å². The molecule has 9 aromatic rings. The first-order valence-corrected chi connectivity index (χ1v) is 27.4. The minimum atomic E-state index is -1.38. The summed E-state index contributed by atoms with van der Waals surface area (Å²) in [5.74, 6) is -0.526. The van der Waals surface area contributed by atoms with Gasteiger partial charge in [0, 0.05) is 33.9 Å². The number of ether oxygens (including phenoxy) is 2. The fourth-order valence-corrected chi connectivity index (χ4v) is 12.0. The molecular formula is C64H52N6O7S2. The molecule has 2 aromatic heterocycles. The van der Waals surface area contributed by atoms with Crippen molar-refractivity contribution in [2.75, 3.05) is 18.2 Å². The Morgan fingerprint density at radius 1 is 0.722 bits per heavy atom. The van der Waals surface area contributed by atoms with Crippen LogP contribution < -0.4 is 15.4 Å². The van der Waals surface area contributed by atoms with Gasteiger partial charge in [-0.1, -0.05) is 211 Å². The maximum absolute atomic E-state index is 15.4. The van der Waals surface area contributed by atoms with Crippen LogP contribution in [0.5, 0.6) is 5.75 Å². The second kappa shape index (κ2) is 23.1. The molecule has 0 aliphatic carbocycles. The molecule has 0 spiro atoms. The van der Waals surface area contributed by atoms with Crippen LogP contribution in [0.4, 0.5) is 5.13 Å². The number of carbonyl (C=O) groups excluding carboxylic acids is 3. The lowest BCUT2D eigenvalue weighted by molar-refractivity contribution is -0.153. The van der Waals surface area contributed by atoms with E-state index in [4.69, 9.17) is 29.0 Å². The van der Waals surface area contributed by atoms with Crippen molar-refractivity contribution in [3.63, 3.8) is 0 Å². The summed E-state index contributed by atoms with van der Waals surface area (Å²) in [4.78, 5) is 57.9. The predicted molar refractivity (Wildman–Crippen MR) is 307 cm³/mol. The zero-order valence-electron chi connectivity index (χ0n) is 43.0. The van der Waals surface area contributed by atoms with Crippen LogP contribution in [0.2, 0.25) is 0 Å². The van der Waals surface area contributed by atoms with Crippen molar-refractivity contribution >= 4 is 57.8 Å². The highest BCUT2D eigenvalue weighted by atomic mass is 32.2.